The molecular weight excluding hydrogens is 304 g/mol. The number of carbonyl (C=O) groups excluding carboxylic acids is 1. The number of phenolic OH excluding ortho intramolecular Hbond substituents is 1. The van der Waals surface area contributed by atoms with Crippen molar-refractivity contribution < 1.29 is 15.0 Å². The molecule has 1 aromatic rings. The zero-order chi connectivity index (χ0) is 16.9. The Bertz CT molecular complexity index is 555. The quantitative estimate of drug-likeness (QED) is 0.885. The second-order valence-electron chi connectivity index (χ2n) is 7.14. The van der Waals surface area contributed by atoms with Gasteiger partial charge in [-0.3, -0.25) is 9.69 Å². The number of piperazine rings is 1. The fourth-order valence-electron chi connectivity index (χ4n) is 3.85. The minimum Gasteiger partial charge on any atom is -0.508 e. The van der Waals surface area contributed by atoms with Gasteiger partial charge in [0.1, 0.15) is 5.75 Å². The van der Waals surface area contributed by atoms with Crippen molar-refractivity contribution in [3.05, 3.63) is 29.8 Å². The number of nitrogens with zero attached hydrogens (tertiary/aromatic N) is 2. The zero-order valence-corrected chi connectivity index (χ0v) is 14.2. The van der Waals surface area contributed by atoms with Crippen molar-refractivity contribution in [2.45, 2.75) is 44.8 Å². The van der Waals surface area contributed by atoms with Gasteiger partial charge >= 0.3 is 0 Å². The van der Waals surface area contributed by atoms with Crippen LogP contribution in [-0.4, -0.2) is 58.2 Å². The third-order valence-electron chi connectivity index (χ3n) is 5.35. The minimum atomic E-state index is -0.297. The Morgan fingerprint density at radius 1 is 1.12 bits per heavy atom. The summed E-state index contributed by atoms with van der Waals surface area (Å²) in [4.78, 5) is 16.7. The van der Waals surface area contributed by atoms with Gasteiger partial charge in [-0.25, -0.2) is 0 Å². The van der Waals surface area contributed by atoms with Crippen molar-refractivity contribution in [1.82, 2.24) is 9.80 Å². The summed E-state index contributed by atoms with van der Waals surface area (Å²) in [5.41, 5.74) is 1.10. The second kappa shape index (κ2) is 7.99. The van der Waals surface area contributed by atoms with Crippen LogP contribution in [0.4, 0.5) is 0 Å². The third kappa shape index (κ3) is 4.48. The molecule has 5 nitrogen and oxygen atoms in total. The number of rotatable bonds is 4. The molecule has 1 aromatic carbocycles. The molecule has 0 unspecified atom stereocenters. The monoisotopic (exact) mass is 332 g/mol. The predicted octanol–water partition coefficient (Wildman–Crippen LogP) is 1.98. The topological polar surface area (TPSA) is 64.0 Å². The first-order valence-electron chi connectivity index (χ1n) is 9.08. The number of benzene rings is 1. The van der Waals surface area contributed by atoms with E-state index in [1.165, 1.54) is 0 Å². The van der Waals surface area contributed by atoms with Crippen LogP contribution in [0.2, 0.25) is 0 Å². The van der Waals surface area contributed by atoms with E-state index < -0.39 is 0 Å². The van der Waals surface area contributed by atoms with E-state index in [1.807, 2.05) is 17.0 Å². The highest BCUT2D eigenvalue weighted by Crippen LogP contribution is 2.27. The lowest BCUT2D eigenvalue weighted by Gasteiger charge is -2.36. The van der Waals surface area contributed by atoms with Gasteiger partial charge in [-0.1, -0.05) is 25.0 Å². The molecule has 2 aliphatic rings. The highest BCUT2D eigenvalue weighted by Gasteiger charge is 2.28. The van der Waals surface area contributed by atoms with Crippen LogP contribution in [0.1, 0.15) is 37.7 Å². The minimum absolute atomic E-state index is 0.150. The van der Waals surface area contributed by atoms with Crippen molar-refractivity contribution in [3.8, 4) is 5.75 Å². The standard InChI is InChI=1S/C19H28N2O3/c22-17-6-3-4-15(12-17)14-20-8-10-21(11-9-20)19(24)13-16-5-1-2-7-18(16)23/h3-4,6,12,16,18,22-23H,1-2,5,7-11,13-14H2/t16-,18+/m0/s1. The summed E-state index contributed by atoms with van der Waals surface area (Å²) in [6, 6.07) is 7.35. The van der Waals surface area contributed by atoms with Crippen LogP contribution in [0.15, 0.2) is 24.3 Å². The average Bonchev–Trinajstić information content (AvgIpc) is 2.57. The maximum absolute atomic E-state index is 12.5. The summed E-state index contributed by atoms with van der Waals surface area (Å²) in [6.07, 6.45) is 4.23. The Kier molecular flexibility index (Phi) is 5.74. The van der Waals surface area contributed by atoms with E-state index in [9.17, 15) is 15.0 Å². The molecule has 0 radical (unpaired) electrons. The van der Waals surface area contributed by atoms with Gasteiger partial charge in [0.25, 0.3) is 0 Å². The molecule has 0 aromatic heterocycles. The molecule has 1 aliphatic carbocycles. The van der Waals surface area contributed by atoms with Crippen LogP contribution < -0.4 is 0 Å². The first-order chi connectivity index (χ1) is 11.6. The van der Waals surface area contributed by atoms with Gasteiger partial charge in [0, 0.05) is 39.1 Å². The van der Waals surface area contributed by atoms with Gasteiger partial charge in [-0.2, -0.15) is 0 Å². The van der Waals surface area contributed by atoms with Crippen molar-refractivity contribution in [1.29, 1.82) is 0 Å². The number of amides is 1. The lowest BCUT2D eigenvalue weighted by molar-refractivity contribution is -0.135. The van der Waals surface area contributed by atoms with Crippen LogP contribution in [0.25, 0.3) is 0 Å². The van der Waals surface area contributed by atoms with Gasteiger partial charge in [0.2, 0.25) is 5.91 Å². The van der Waals surface area contributed by atoms with Crippen LogP contribution in [-0.2, 0) is 11.3 Å². The van der Waals surface area contributed by atoms with E-state index in [-0.39, 0.29) is 17.9 Å². The average molecular weight is 332 g/mol. The Morgan fingerprint density at radius 2 is 1.88 bits per heavy atom. The third-order valence-corrected chi connectivity index (χ3v) is 5.35. The predicted molar refractivity (Wildman–Crippen MR) is 92.5 cm³/mol. The van der Waals surface area contributed by atoms with Gasteiger partial charge in [0.05, 0.1) is 6.10 Å². The van der Waals surface area contributed by atoms with Crippen molar-refractivity contribution in [2.24, 2.45) is 5.92 Å². The smallest absolute Gasteiger partial charge is 0.223 e. The molecule has 132 valence electrons. The van der Waals surface area contributed by atoms with E-state index in [0.29, 0.717) is 12.2 Å². The molecule has 2 atom stereocenters. The molecule has 1 saturated heterocycles. The fraction of sp³-hybridized carbons (Fsp3) is 0.632. The van der Waals surface area contributed by atoms with Crippen molar-refractivity contribution >= 4 is 5.91 Å². The summed E-state index contributed by atoms with van der Waals surface area (Å²) >= 11 is 0. The Balaban J connectivity index is 1.45. The van der Waals surface area contributed by atoms with Gasteiger partial charge in [0.15, 0.2) is 0 Å². The van der Waals surface area contributed by atoms with E-state index in [4.69, 9.17) is 0 Å². The van der Waals surface area contributed by atoms with Crippen LogP contribution >= 0.6 is 0 Å². The van der Waals surface area contributed by atoms with Gasteiger partial charge < -0.3 is 15.1 Å². The number of phenols is 1. The second-order valence-corrected chi connectivity index (χ2v) is 7.14. The Hall–Kier alpha value is -1.59. The highest BCUT2D eigenvalue weighted by atomic mass is 16.3. The van der Waals surface area contributed by atoms with E-state index in [1.54, 1.807) is 12.1 Å². The van der Waals surface area contributed by atoms with Gasteiger partial charge in [-0.15, -0.1) is 0 Å². The summed E-state index contributed by atoms with van der Waals surface area (Å²) in [6.45, 7) is 4.02. The number of hydrogen-bond donors (Lipinski definition) is 2. The SMILES string of the molecule is O=C(C[C@@H]1CCCC[C@H]1O)N1CCN(Cc2cccc(O)c2)CC1. The molecule has 1 heterocycles. The number of aliphatic hydroxyl groups excluding tert-OH is 1. The van der Waals surface area contributed by atoms with E-state index >= 15 is 0 Å². The summed E-state index contributed by atoms with van der Waals surface area (Å²) < 4.78 is 0. The maximum Gasteiger partial charge on any atom is 0.223 e. The summed E-state index contributed by atoms with van der Waals surface area (Å²) in [7, 11) is 0. The first-order valence-corrected chi connectivity index (χ1v) is 9.08. The lowest BCUT2D eigenvalue weighted by Crippen LogP contribution is -2.49. The molecule has 1 aliphatic heterocycles. The lowest BCUT2D eigenvalue weighted by atomic mass is 9.84. The number of aromatic hydroxyl groups is 1. The maximum atomic E-state index is 12.5. The normalized spacial score (nSPS) is 25.6. The largest absolute Gasteiger partial charge is 0.508 e. The van der Waals surface area contributed by atoms with Crippen LogP contribution in [0, 0.1) is 5.92 Å². The molecule has 2 fully saturated rings. The van der Waals surface area contributed by atoms with Crippen LogP contribution in [0.5, 0.6) is 5.75 Å². The fourth-order valence-corrected chi connectivity index (χ4v) is 3.85. The molecule has 0 bridgehead atoms. The molecule has 1 saturated carbocycles. The van der Waals surface area contributed by atoms with Crippen LogP contribution in [0.3, 0.4) is 0 Å². The molecular formula is C19H28N2O3. The van der Waals surface area contributed by atoms with Crippen molar-refractivity contribution in [2.75, 3.05) is 26.2 Å². The van der Waals surface area contributed by atoms with E-state index in [0.717, 1.165) is 64.0 Å². The molecule has 1 amide bonds. The molecule has 5 heteroatoms. The Labute approximate surface area is 143 Å². The number of hydrogen-bond acceptors (Lipinski definition) is 4. The van der Waals surface area contributed by atoms with E-state index in [2.05, 4.69) is 4.90 Å². The summed E-state index contributed by atoms with van der Waals surface area (Å²) in [5, 5.41) is 19.6. The van der Waals surface area contributed by atoms with Gasteiger partial charge in [-0.05, 0) is 36.5 Å². The van der Waals surface area contributed by atoms with Crippen molar-refractivity contribution in [3.63, 3.8) is 0 Å². The molecule has 24 heavy (non-hydrogen) atoms. The Morgan fingerprint density at radius 3 is 2.58 bits per heavy atom. The first kappa shape index (κ1) is 17.2. The highest BCUT2D eigenvalue weighted by molar-refractivity contribution is 5.76. The summed E-state index contributed by atoms with van der Waals surface area (Å²) in [5.74, 6) is 0.641. The molecule has 3 rings (SSSR count). The molecule has 2 N–H and O–H groups in total. The number of carbonyl (C=O) groups is 1. The zero-order valence-electron chi connectivity index (χ0n) is 14.2. The molecule has 0 spiro atoms. The number of aliphatic hydroxyl groups is 1.